The first-order valence-corrected chi connectivity index (χ1v) is 8.41. The van der Waals surface area contributed by atoms with Crippen molar-refractivity contribution < 1.29 is 28.3 Å². The lowest BCUT2D eigenvalue weighted by atomic mass is 10.1. The Kier molecular flexibility index (Phi) is 5.91. The second-order valence-corrected chi connectivity index (χ2v) is 5.83. The highest BCUT2D eigenvalue weighted by molar-refractivity contribution is 5.95. The van der Waals surface area contributed by atoms with Crippen molar-refractivity contribution in [2.45, 2.75) is 6.42 Å². The molecule has 8 nitrogen and oxygen atoms in total. The molecule has 0 aliphatic rings. The third-order valence-corrected chi connectivity index (χ3v) is 3.91. The minimum atomic E-state index is -0.653. The van der Waals surface area contributed by atoms with E-state index in [2.05, 4.69) is 10.9 Å². The van der Waals surface area contributed by atoms with Crippen molar-refractivity contribution in [3.63, 3.8) is 0 Å². The van der Waals surface area contributed by atoms with Crippen molar-refractivity contribution in [1.82, 2.24) is 10.9 Å². The predicted octanol–water partition coefficient (Wildman–Crippen LogP) is 1.99. The minimum Gasteiger partial charge on any atom is -0.497 e. The first kappa shape index (κ1) is 19.0. The van der Waals surface area contributed by atoms with Crippen LogP contribution < -0.4 is 15.6 Å². The number of ether oxygens (including phenoxy) is 2. The second kappa shape index (κ2) is 8.72. The van der Waals surface area contributed by atoms with E-state index in [1.54, 1.807) is 55.6 Å². The maximum absolute atomic E-state index is 12.0. The maximum Gasteiger partial charge on any atom is 0.310 e. The highest BCUT2D eigenvalue weighted by atomic mass is 16.5. The molecule has 1 heterocycles. The van der Waals surface area contributed by atoms with Crippen LogP contribution in [0.4, 0.5) is 0 Å². The minimum absolute atomic E-state index is 0.0526. The Hall–Kier alpha value is -3.81. The number of hydrogen-bond acceptors (Lipinski definition) is 6. The van der Waals surface area contributed by atoms with Gasteiger partial charge in [0.15, 0.2) is 6.61 Å². The summed E-state index contributed by atoms with van der Waals surface area (Å²) < 4.78 is 15.5. The van der Waals surface area contributed by atoms with E-state index in [1.807, 2.05) is 0 Å². The molecule has 0 bridgehead atoms. The Morgan fingerprint density at radius 3 is 2.57 bits per heavy atom. The fourth-order valence-electron chi connectivity index (χ4n) is 2.50. The summed E-state index contributed by atoms with van der Waals surface area (Å²) in [6, 6.07) is 13.6. The summed E-state index contributed by atoms with van der Waals surface area (Å²) >= 11 is 0. The van der Waals surface area contributed by atoms with Crippen molar-refractivity contribution in [3.8, 4) is 5.75 Å². The highest BCUT2D eigenvalue weighted by Crippen LogP contribution is 2.25. The third-order valence-electron chi connectivity index (χ3n) is 3.91. The number of methoxy groups -OCH3 is 1. The summed E-state index contributed by atoms with van der Waals surface area (Å²) in [5, 5.41) is 0.761. The highest BCUT2D eigenvalue weighted by Gasteiger charge is 2.14. The molecule has 0 aliphatic heterocycles. The van der Waals surface area contributed by atoms with Crippen molar-refractivity contribution in [2.75, 3.05) is 13.7 Å². The van der Waals surface area contributed by atoms with Gasteiger partial charge in [-0.2, -0.15) is 0 Å². The smallest absolute Gasteiger partial charge is 0.310 e. The van der Waals surface area contributed by atoms with Crippen LogP contribution in [0.25, 0.3) is 11.0 Å². The molecule has 0 atom stereocenters. The lowest BCUT2D eigenvalue weighted by Gasteiger charge is -2.08. The molecule has 0 fully saturated rings. The number of furan rings is 1. The molecule has 8 heteroatoms. The second-order valence-electron chi connectivity index (χ2n) is 5.83. The average Bonchev–Trinajstić information content (AvgIpc) is 3.12. The van der Waals surface area contributed by atoms with Crippen LogP contribution in [-0.4, -0.2) is 31.5 Å². The number of carbonyl (C=O) groups is 3. The van der Waals surface area contributed by atoms with Gasteiger partial charge in [-0.05, 0) is 24.3 Å². The van der Waals surface area contributed by atoms with Crippen LogP contribution in [0.2, 0.25) is 0 Å². The van der Waals surface area contributed by atoms with Crippen LogP contribution in [0.15, 0.2) is 59.2 Å². The van der Waals surface area contributed by atoms with E-state index in [-0.39, 0.29) is 6.42 Å². The van der Waals surface area contributed by atoms with Crippen LogP contribution in [0.3, 0.4) is 0 Å². The van der Waals surface area contributed by atoms with Crippen LogP contribution >= 0.6 is 0 Å². The van der Waals surface area contributed by atoms with Gasteiger partial charge in [0.05, 0.1) is 19.8 Å². The summed E-state index contributed by atoms with van der Waals surface area (Å²) in [6.07, 6.45) is 1.41. The van der Waals surface area contributed by atoms with Gasteiger partial charge in [0.1, 0.15) is 11.3 Å². The Labute approximate surface area is 160 Å². The maximum atomic E-state index is 12.0. The topological polar surface area (TPSA) is 107 Å². The standard InChI is InChI=1S/C20H18N2O6/c1-26-15-7-8-16-14(11-27-17(16)10-15)9-19(24)28-12-18(23)21-22-20(25)13-5-3-2-4-6-13/h2-8,10-11H,9,12H2,1H3,(H,21,23)(H,22,25). The van der Waals surface area contributed by atoms with Gasteiger partial charge >= 0.3 is 5.97 Å². The largest absolute Gasteiger partial charge is 0.497 e. The molecule has 3 aromatic rings. The van der Waals surface area contributed by atoms with Gasteiger partial charge < -0.3 is 13.9 Å². The number of amides is 2. The molecule has 0 spiro atoms. The summed E-state index contributed by atoms with van der Waals surface area (Å²) in [6.45, 7) is -0.516. The number of carbonyl (C=O) groups excluding carboxylic acids is 3. The zero-order chi connectivity index (χ0) is 19.9. The van der Waals surface area contributed by atoms with Gasteiger partial charge in [-0.25, -0.2) is 0 Å². The third kappa shape index (κ3) is 4.67. The fraction of sp³-hybridized carbons (Fsp3) is 0.150. The van der Waals surface area contributed by atoms with E-state index in [1.165, 1.54) is 6.26 Å². The average molecular weight is 382 g/mol. The van der Waals surface area contributed by atoms with Crippen LogP contribution in [-0.2, 0) is 20.7 Å². The molecular weight excluding hydrogens is 364 g/mol. The Morgan fingerprint density at radius 2 is 1.82 bits per heavy atom. The molecule has 0 unspecified atom stereocenters. The van der Waals surface area contributed by atoms with Gasteiger partial charge in [0.25, 0.3) is 11.8 Å². The molecule has 3 rings (SSSR count). The van der Waals surface area contributed by atoms with Crippen molar-refractivity contribution >= 4 is 28.8 Å². The Bertz CT molecular complexity index is 996. The fourth-order valence-corrected chi connectivity index (χ4v) is 2.50. The zero-order valence-corrected chi connectivity index (χ0v) is 15.1. The first-order chi connectivity index (χ1) is 13.6. The molecule has 144 valence electrons. The predicted molar refractivity (Wildman–Crippen MR) is 99.5 cm³/mol. The van der Waals surface area contributed by atoms with E-state index in [4.69, 9.17) is 13.9 Å². The first-order valence-electron chi connectivity index (χ1n) is 8.41. The van der Waals surface area contributed by atoms with Gasteiger partial charge in [0, 0.05) is 22.6 Å². The summed E-state index contributed by atoms with van der Waals surface area (Å²) in [7, 11) is 1.55. The van der Waals surface area contributed by atoms with E-state index >= 15 is 0 Å². The zero-order valence-electron chi connectivity index (χ0n) is 15.1. The molecule has 2 N–H and O–H groups in total. The molecule has 0 aliphatic carbocycles. The van der Waals surface area contributed by atoms with E-state index < -0.39 is 24.4 Å². The van der Waals surface area contributed by atoms with Gasteiger partial charge in [-0.15, -0.1) is 0 Å². The van der Waals surface area contributed by atoms with E-state index in [9.17, 15) is 14.4 Å². The summed E-state index contributed by atoms with van der Waals surface area (Å²) in [4.78, 5) is 35.5. The Morgan fingerprint density at radius 1 is 1.04 bits per heavy atom. The molecule has 0 saturated carbocycles. The lowest BCUT2D eigenvalue weighted by molar-refractivity contribution is -0.148. The van der Waals surface area contributed by atoms with Crippen molar-refractivity contribution in [2.24, 2.45) is 0 Å². The summed E-state index contributed by atoms with van der Waals surface area (Å²) in [5.74, 6) is -1.08. The molecule has 0 saturated heterocycles. The van der Waals surface area contributed by atoms with Gasteiger partial charge in [-0.3, -0.25) is 25.2 Å². The van der Waals surface area contributed by atoms with Gasteiger partial charge in [-0.1, -0.05) is 18.2 Å². The van der Waals surface area contributed by atoms with Crippen LogP contribution in [0.5, 0.6) is 5.75 Å². The Balaban J connectivity index is 1.46. The van der Waals surface area contributed by atoms with Crippen LogP contribution in [0.1, 0.15) is 15.9 Å². The molecular formula is C20H18N2O6. The molecule has 2 aromatic carbocycles. The number of hydrazine groups is 1. The van der Waals surface area contributed by atoms with Gasteiger partial charge in [0.2, 0.25) is 0 Å². The van der Waals surface area contributed by atoms with Crippen molar-refractivity contribution in [1.29, 1.82) is 0 Å². The summed E-state index contributed by atoms with van der Waals surface area (Å²) in [5.41, 5.74) is 6.05. The monoisotopic (exact) mass is 382 g/mol. The number of esters is 1. The van der Waals surface area contributed by atoms with Crippen molar-refractivity contribution in [3.05, 3.63) is 65.9 Å². The molecule has 0 radical (unpaired) electrons. The number of nitrogens with one attached hydrogen (secondary N) is 2. The normalized spacial score (nSPS) is 10.3. The van der Waals surface area contributed by atoms with E-state index in [0.717, 1.165) is 5.39 Å². The van der Waals surface area contributed by atoms with E-state index in [0.29, 0.717) is 22.5 Å². The quantitative estimate of drug-likeness (QED) is 0.499. The number of fused-ring (bicyclic) bond motifs is 1. The number of benzene rings is 2. The molecule has 28 heavy (non-hydrogen) atoms. The van der Waals surface area contributed by atoms with Crippen LogP contribution in [0, 0.1) is 0 Å². The molecule has 1 aromatic heterocycles. The number of rotatable bonds is 6. The SMILES string of the molecule is COc1ccc2c(CC(=O)OCC(=O)NNC(=O)c3ccccc3)coc2c1. The molecule has 2 amide bonds. The lowest BCUT2D eigenvalue weighted by Crippen LogP contribution is -2.43. The number of hydrogen-bond donors (Lipinski definition) is 2.